The molecule has 0 fully saturated rings. The maximum absolute atomic E-state index is 4.80. The van der Waals surface area contributed by atoms with E-state index in [0.717, 1.165) is 19.4 Å². The Morgan fingerprint density at radius 2 is 2.00 bits per heavy atom. The van der Waals surface area contributed by atoms with E-state index in [0.29, 0.717) is 0 Å². The first kappa shape index (κ1) is 7.98. The Labute approximate surface area is 51.4 Å². The van der Waals surface area contributed by atoms with Gasteiger partial charge in [-0.1, -0.05) is 6.32 Å². The average Bonchev–Trinajstić information content (AvgIpc) is 1.81. The lowest BCUT2D eigenvalue weighted by Gasteiger charge is -1.94. The molecule has 0 atom stereocenters. The summed E-state index contributed by atoms with van der Waals surface area (Å²) in [5, 5.41) is 0. The number of ether oxygens (including phenoxy) is 2. The number of methoxy groups -OCH3 is 2. The molecule has 2 nitrogen and oxygen atoms in total. The fraction of sp³-hybridized carbons (Fsp3) is 1.00. The summed E-state index contributed by atoms with van der Waals surface area (Å²) in [5.41, 5.74) is 0. The monoisotopic (exact) mass is 115 g/mol. The first-order chi connectivity index (χ1) is 3.91. The van der Waals surface area contributed by atoms with Crippen LogP contribution in [-0.4, -0.2) is 34.6 Å². The van der Waals surface area contributed by atoms with Crippen LogP contribution in [0.5, 0.6) is 0 Å². The Balaban J connectivity index is 2.53. The quantitative estimate of drug-likeness (QED) is 0.380. The highest BCUT2D eigenvalue weighted by Crippen LogP contribution is 1.78. The Kier molecular flexibility index (Phi) is 6.97. The molecule has 3 heteroatoms. The standard InChI is InChI=1S/C5H12BO2/c1-7-4-3-6-5-8-2/h3-5H2,1-2H3. The Bertz CT molecular complexity index is 35.4. The van der Waals surface area contributed by atoms with E-state index >= 15 is 0 Å². The van der Waals surface area contributed by atoms with Gasteiger partial charge in [0.15, 0.2) is 0 Å². The van der Waals surface area contributed by atoms with Gasteiger partial charge in [-0.2, -0.15) is 0 Å². The summed E-state index contributed by atoms with van der Waals surface area (Å²) in [6.45, 7) is 1.52. The van der Waals surface area contributed by atoms with Crippen molar-refractivity contribution >= 4 is 7.28 Å². The van der Waals surface area contributed by atoms with Crippen molar-refractivity contribution in [3.63, 3.8) is 0 Å². The van der Waals surface area contributed by atoms with Gasteiger partial charge in [0.2, 0.25) is 0 Å². The molecule has 0 spiro atoms. The smallest absolute Gasteiger partial charge is 0.147 e. The molecule has 0 saturated heterocycles. The highest BCUT2D eigenvalue weighted by atomic mass is 16.5. The van der Waals surface area contributed by atoms with Gasteiger partial charge in [-0.3, -0.25) is 0 Å². The third kappa shape index (κ3) is 5.98. The first-order valence-electron chi connectivity index (χ1n) is 2.71. The maximum Gasteiger partial charge on any atom is 0.147 e. The molecule has 0 aromatic rings. The van der Waals surface area contributed by atoms with Gasteiger partial charge in [-0.15, -0.1) is 0 Å². The fourth-order valence-corrected chi connectivity index (χ4v) is 0.402. The molecule has 0 aromatic carbocycles. The van der Waals surface area contributed by atoms with Crippen LogP contribution < -0.4 is 0 Å². The van der Waals surface area contributed by atoms with Crippen molar-refractivity contribution in [3.8, 4) is 0 Å². The minimum absolute atomic E-state index is 0.726. The Morgan fingerprint density at radius 3 is 2.50 bits per heavy atom. The predicted molar refractivity (Wildman–Crippen MR) is 34.3 cm³/mol. The molecule has 0 aliphatic rings. The molecule has 0 aromatic heterocycles. The third-order valence-electron chi connectivity index (χ3n) is 0.811. The zero-order valence-corrected chi connectivity index (χ0v) is 5.52. The summed E-state index contributed by atoms with van der Waals surface area (Å²) in [6, 6.07) is 0. The molecule has 0 bridgehead atoms. The number of hydrogen-bond donors (Lipinski definition) is 0. The van der Waals surface area contributed by atoms with Crippen molar-refractivity contribution in [2.45, 2.75) is 6.32 Å². The van der Waals surface area contributed by atoms with Crippen LogP contribution >= 0.6 is 0 Å². The predicted octanol–water partition coefficient (Wildman–Crippen LogP) is 0.359. The summed E-state index contributed by atoms with van der Waals surface area (Å²) in [6.07, 6.45) is 0.977. The topological polar surface area (TPSA) is 18.5 Å². The van der Waals surface area contributed by atoms with Crippen molar-refractivity contribution in [2.75, 3.05) is 27.3 Å². The highest BCUT2D eigenvalue weighted by Gasteiger charge is 1.86. The van der Waals surface area contributed by atoms with E-state index in [9.17, 15) is 0 Å². The summed E-state index contributed by atoms with van der Waals surface area (Å²) >= 11 is 0. The van der Waals surface area contributed by atoms with Crippen molar-refractivity contribution < 1.29 is 9.47 Å². The zero-order chi connectivity index (χ0) is 6.24. The molecule has 0 heterocycles. The zero-order valence-electron chi connectivity index (χ0n) is 5.52. The Hall–Kier alpha value is -0.0151. The van der Waals surface area contributed by atoms with E-state index in [4.69, 9.17) is 9.47 Å². The normalized spacial score (nSPS) is 9.25. The minimum atomic E-state index is 0.726. The van der Waals surface area contributed by atoms with Crippen molar-refractivity contribution in [3.05, 3.63) is 0 Å². The summed E-state index contributed by atoms with van der Waals surface area (Å²) in [7, 11) is 5.42. The van der Waals surface area contributed by atoms with Crippen molar-refractivity contribution in [1.29, 1.82) is 0 Å². The second kappa shape index (κ2) is 6.98. The molecular formula is C5H12BO2. The van der Waals surface area contributed by atoms with Crippen LogP contribution in [0.4, 0.5) is 0 Å². The summed E-state index contributed by atoms with van der Waals surface area (Å²) < 4.78 is 9.58. The average molecular weight is 115 g/mol. The van der Waals surface area contributed by atoms with Gasteiger partial charge < -0.3 is 9.47 Å². The van der Waals surface area contributed by atoms with Crippen LogP contribution in [0.15, 0.2) is 0 Å². The van der Waals surface area contributed by atoms with Crippen LogP contribution in [-0.2, 0) is 9.47 Å². The third-order valence-corrected chi connectivity index (χ3v) is 0.811. The molecule has 0 N–H and O–H groups in total. The summed E-state index contributed by atoms with van der Waals surface area (Å²) in [4.78, 5) is 0. The van der Waals surface area contributed by atoms with Gasteiger partial charge in [0.25, 0.3) is 0 Å². The van der Waals surface area contributed by atoms with Crippen LogP contribution in [0.1, 0.15) is 0 Å². The van der Waals surface area contributed by atoms with Gasteiger partial charge in [0.05, 0.1) is 0 Å². The van der Waals surface area contributed by atoms with Gasteiger partial charge in [0.1, 0.15) is 7.28 Å². The molecule has 1 radical (unpaired) electrons. The maximum atomic E-state index is 4.80. The SMILES string of the molecule is COC[B]CCOC. The second-order valence-corrected chi connectivity index (χ2v) is 1.53. The second-order valence-electron chi connectivity index (χ2n) is 1.53. The van der Waals surface area contributed by atoms with E-state index in [1.807, 2.05) is 7.28 Å². The van der Waals surface area contributed by atoms with Crippen LogP contribution in [0, 0.1) is 0 Å². The van der Waals surface area contributed by atoms with Crippen molar-refractivity contribution in [2.24, 2.45) is 0 Å². The van der Waals surface area contributed by atoms with Crippen molar-refractivity contribution in [1.82, 2.24) is 0 Å². The van der Waals surface area contributed by atoms with E-state index < -0.39 is 0 Å². The molecular weight excluding hydrogens is 103 g/mol. The van der Waals surface area contributed by atoms with E-state index in [1.165, 1.54) is 0 Å². The van der Waals surface area contributed by atoms with Crippen LogP contribution in [0.2, 0.25) is 6.32 Å². The van der Waals surface area contributed by atoms with E-state index in [2.05, 4.69) is 0 Å². The van der Waals surface area contributed by atoms with Gasteiger partial charge in [-0.05, 0) is 0 Å². The van der Waals surface area contributed by atoms with Gasteiger partial charge in [-0.25, -0.2) is 0 Å². The minimum Gasteiger partial charge on any atom is -0.394 e. The summed E-state index contributed by atoms with van der Waals surface area (Å²) in [5.74, 6) is 0. The van der Waals surface area contributed by atoms with Crippen LogP contribution in [0.25, 0.3) is 0 Å². The molecule has 0 aliphatic carbocycles. The molecule has 0 unspecified atom stereocenters. The molecule has 0 rings (SSSR count). The molecule has 8 heavy (non-hydrogen) atoms. The number of rotatable bonds is 5. The fourth-order valence-electron chi connectivity index (χ4n) is 0.402. The van der Waals surface area contributed by atoms with E-state index in [1.54, 1.807) is 14.2 Å². The lowest BCUT2D eigenvalue weighted by atomic mass is 9.76. The molecule has 0 aliphatic heterocycles. The molecule has 0 amide bonds. The Morgan fingerprint density at radius 1 is 1.25 bits per heavy atom. The lowest BCUT2D eigenvalue weighted by molar-refractivity contribution is 0.212. The lowest BCUT2D eigenvalue weighted by Crippen LogP contribution is -2.02. The van der Waals surface area contributed by atoms with Gasteiger partial charge >= 0.3 is 0 Å². The largest absolute Gasteiger partial charge is 0.394 e. The van der Waals surface area contributed by atoms with E-state index in [-0.39, 0.29) is 0 Å². The van der Waals surface area contributed by atoms with Crippen LogP contribution in [0.3, 0.4) is 0 Å². The highest BCUT2D eigenvalue weighted by molar-refractivity contribution is 6.35. The first-order valence-corrected chi connectivity index (χ1v) is 2.71. The van der Waals surface area contributed by atoms with Gasteiger partial charge in [0, 0.05) is 27.3 Å². The number of hydrogen-bond acceptors (Lipinski definition) is 2. The molecule has 47 valence electrons. The molecule has 0 saturated carbocycles.